The lowest BCUT2D eigenvalue weighted by molar-refractivity contribution is -0.265. The van der Waals surface area contributed by atoms with Gasteiger partial charge in [-0.05, 0) is 68.3 Å². The molecule has 1 saturated carbocycles. The van der Waals surface area contributed by atoms with Gasteiger partial charge < -0.3 is 25.0 Å². The van der Waals surface area contributed by atoms with Gasteiger partial charge >= 0.3 is 12.1 Å². The zero-order chi connectivity index (χ0) is 31.4. The van der Waals surface area contributed by atoms with E-state index in [1.165, 1.54) is 31.2 Å². The number of amides is 1. The van der Waals surface area contributed by atoms with Crippen LogP contribution in [-0.2, 0) is 15.8 Å². The number of hydrogen-bond donors (Lipinski definition) is 3. The number of aliphatic carboxylic acids is 1. The predicted molar refractivity (Wildman–Crippen MR) is 148 cm³/mol. The normalized spacial score (nSPS) is 19.1. The molecule has 0 spiro atoms. The number of nitrogens with zero attached hydrogens (tertiary/aromatic N) is 2. The molecule has 44 heavy (non-hydrogen) atoms. The van der Waals surface area contributed by atoms with Gasteiger partial charge in [-0.1, -0.05) is 6.07 Å². The monoisotopic (exact) mass is 611 g/mol. The van der Waals surface area contributed by atoms with Crippen molar-refractivity contribution >= 4 is 22.8 Å². The van der Waals surface area contributed by atoms with Crippen LogP contribution in [0, 0.1) is 5.82 Å². The highest BCUT2D eigenvalue weighted by molar-refractivity contribution is 6.00. The van der Waals surface area contributed by atoms with Crippen LogP contribution in [0.5, 0.6) is 11.5 Å². The minimum Gasteiger partial charge on any atom is -0.489 e. The van der Waals surface area contributed by atoms with Gasteiger partial charge in [0.15, 0.2) is 0 Å². The second-order valence-electron chi connectivity index (χ2n) is 11.1. The Kier molecular flexibility index (Phi) is 6.95. The molecule has 9 nitrogen and oxygen atoms in total. The topological polar surface area (TPSA) is 131 Å². The summed E-state index contributed by atoms with van der Waals surface area (Å²) in [6.07, 6.45) is -2.23. The van der Waals surface area contributed by atoms with Gasteiger partial charge in [0.2, 0.25) is 5.60 Å². The Labute approximate surface area is 247 Å². The van der Waals surface area contributed by atoms with Crippen molar-refractivity contribution in [3.63, 3.8) is 0 Å². The summed E-state index contributed by atoms with van der Waals surface area (Å²) in [6.45, 7) is -0.511. The van der Waals surface area contributed by atoms with Crippen molar-refractivity contribution in [2.75, 3.05) is 13.2 Å². The number of alkyl halides is 3. The van der Waals surface area contributed by atoms with E-state index < -0.39 is 53.7 Å². The maximum absolute atomic E-state index is 14.7. The second kappa shape index (κ2) is 10.4. The highest BCUT2D eigenvalue weighted by Crippen LogP contribution is 2.48. The number of hydrogen-bond acceptors (Lipinski definition) is 7. The summed E-state index contributed by atoms with van der Waals surface area (Å²) in [4.78, 5) is 33.8. The van der Waals surface area contributed by atoms with Crippen LogP contribution in [-0.4, -0.2) is 57.5 Å². The molecule has 2 atom stereocenters. The maximum Gasteiger partial charge on any atom is 0.424 e. The largest absolute Gasteiger partial charge is 0.489 e. The van der Waals surface area contributed by atoms with E-state index in [9.17, 15) is 37.4 Å². The van der Waals surface area contributed by atoms with E-state index in [1.807, 2.05) is 0 Å². The maximum atomic E-state index is 14.7. The first-order valence-corrected chi connectivity index (χ1v) is 13.6. The molecule has 6 rings (SSSR count). The van der Waals surface area contributed by atoms with E-state index in [1.54, 1.807) is 18.3 Å². The molecule has 1 fully saturated rings. The summed E-state index contributed by atoms with van der Waals surface area (Å²) < 4.78 is 69.2. The Bertz CT molecular complexity index is 1790. The smallest absolute Gasteiger partial charge is 0.424 e. The Balaban J connectivity index is 1.40. The van der Waals surface area contributed by atoms with Gasteiger partial charge in [-0.15, -0.1) is 0 Å². The number of nitrogens with one attached hydrogen (secondary N) is 1. The van der Waals surface area contributed by atoms with Gasteiger partial charge in [0.25, 0.3) is 5.91 Å². The summed E-state index contributed by atoms with van der Waals surface area (Å²) in [5, 5.41) is 23.8. The summed E-state index contributed by atoms with van der Waals surface area (Å²) in [5.41, 5.74) is -6.31. The molecule has 3 N–H and O–H groups in total. The van der Waals surface area contributed by atoms with Crippen molar-refractivity contribution < 1.29 is 46.8 Å². The van der Waals surface area contributed by atoms with Crippen LogP contribution in [0.1, 0.15) is 41.4 Å². The third kappa shape index (κ3) is 5.06. The van der Waals surface area contributed by atoms with Gasteiger partial charge in [-0.2, -0.15) is 13.2 Å². The first-order chi connectivity index (χ1) is 20.8. The predicted octanol–water partition coefficient (Wildman–Crippen LogP) is 4.89. The number of aliphatic hydroxyl groups is 1. The molecule has 1 amide bonds. The average Bonchev–Trinajstić information content (AvgIpc) is 3.74. The van der Waals surface area contributed by atoms with Gasteiger partial charge in [-0.3, -0.25) is 14.6 Å². The summed E-state index contributed by atoms with van der Waals surface area (Å²) in [7, 11) is 0. The highest BCUT2D eigenvalue weighted by Gasteiger charge is 2.58. The number of benzene rings is 2. The fourth-order valence-electron chi connectivity index (χ4n) is 4.97. The van der Waals surface area contributed by atoms with Crippen molar-refractivity contribution in [2.45, 2.75) is 43.1 Å². The molecule has 0 bridgehead atoms. The standard InChI is InChI=1S/C31H25F4N3O6/c1-29(28(40)41)15-43-26-21(29)13-23(38-25(26)16-4-6-19(32)7-5-16)30(42,31(33,34)35)14-37-27(39)18-11-17-3-2-10-36-24(17)22(12-18)44-20-8-9-20/h2-7,10-13,20,42H,8-9,14-15H2,1H3,(H,37,39)(H,40,41)/t29-,30?/m0/s1. The molecule has 2 aliphatic rings. The quantitative estimate of drug-likeness (QED) is 0.240. The third-order valence-corrected chi connectivity index (χ3v) is 7.81. The lowest BCUT2D eigenvalue weighted by Gasteiger charge is -2.31. The Morgan fingerprint density at radius 3 is 2.52 bits per heavy atom. The number of pyridine rings is 2. The van der Waals surface area contributed by atoms with Crippen molar-refractivity contribution in [3.8, 4) is 22.8 Å². The van der Waals surface area contributed by atoms with Gasteiger partial charge in [0, 0.05) is 28.3 Å². The van der Waals surface area contributed by atoms with E-state index >= 15 is 0 Å². The molecule has 228 valence electrons. The van der Waals surface area contributed by atoms with Crippen molar-refractivity contribution in [1.82, 2.24) is 15.3 Å². The molecule has 1 aliphatic heterocycles. The summed E-state index contributed by atoms with van der Waals surface area (Å²) in [5.74, 6) is -2.73. The Hall–Kier alpha value is -4.78. The Morgan fingerprint density at radius 1 is 1.14 bits per heavy atom. The molecule has 13 heteroatoms. The number of ether oxygens (including phenoxy) is 2. The highest BCUT2D eigenvalue weighted by atomic mass is 19.4. The van der Waals surface area contributed by atoms with Crippen LogP contribution >= 0.6 is 0 Å². The van der Waals surface area contributed by atoms with Crippen LogP contribution < -0.4 is 14.8 Å². The molecule has 1 unspecified atom stereocenters. The van der Waals surface area contributed by atoms with Crippen molar-refractivity contribution in [2.24, 2.45) is 0 Å². The molecule has 0 radical (unpaired) electrons. The van der Waals surface area contributed by atoms with Crippen LogP contribution in [0.2, 0.25) is 0 Å². The molecule has 2 aromatic heterocycles. The van der Waals surface area contributed by atoms with E-state index in [-0.39, 0.29) is 34.2 Å². The number of fused-ring (bicyclic) bond motifs is 2. The zero-order valence-corrected chi connectivity index (χ0v) is 23.1. The molecule has 2 aromatic carbocycles. The molecule has 0 saturated heterocycles. The van der Waals surface area contributed by atoms with Crippen molar-refractivity contribution in [1.29, 1.82) is 0 Å². The molecule has 4 aromatic rings. The van der Waals surface area contributed by atoms with Gasteiger partial charge in [-0.25, -0.2) is 9.37 Å². The van der Waals surface area contributed by atoms with Crippen LogP contribution in [0.4, 0.5) is 17.6 Å². The number of carbonyl (C=O) groups excluding carboxylic acids is 1. The molecular weight excluding hydrogens is 586 g/mol. The van der Waals surface area contributed by atoms with E-state index in [2.05, 4.69) is 15.3 Å². The number of aromatic nitrogens is 2. The van der Waals surface area contributed by atoms with E-state index in [4.69, 9.17) is 9.47 Å². The summed E-state index contributed by atoms with van der Waals surface area (Å²) >= 11 is 0. The SMILES string of the molecule is C[C@]1(C(=O)O)COc2c1cc(C(O)(CNC(=O)c1cc(OC3CC3)c3ncccc3c1)C(F)(F)F)nc2-c1ccc(F)cc1. The lowest BCUT2D eigenvalue weighted by atomic mass is 9.82. The number of carboxylic acids is 1. The van der Waals surface area contributed by atoms with Crippen LogP contribution in [0.15, 0.2) is 60.8 Å². The minimum absolute atomic E-state index is 0.0218. The fraction of sp³-hybridized carbons (Fsp3) is 0.290. The van der Waals surface area contributed by atoms with E-state index in [0.717, 1.165) is 31.0 Å². The van der Waals surface area contributed by atoms with Crippen LogP contribution in [0.3, 0.4) is 0 Å². The van der Waals surface area contributed by atoms with E-state index in [0.29, 0.717) is 16.7 Å². The second-order valence-corrected chi connectivity index (χ2v) is 11.1. The lowest BCUT2D eigenvalue weighted by Crippen LogP contribution is -2.51. The van der Waals surface area contributed by atoms with Gasteiger partial charge in [0.1, 0.15) is 40.5 Å². The number of carbonyl (C=O) groups is 2. The molecule has 1 aliphatic carbocycles. The molecular formula is C31H25F4N3O6. The zero-order valence-electron chi connectivity index (χ0n) is 23.1. The van der Waals surface area contributed by atoms with Gasteiger partial charge in [0.05, 0.1) is 18.3 Å². The number of carboxylic acid groups (broad SMARTS) is 1. The number of rotatable bonds is 8. The fourth-order valence-corrected chi connectivity index (χ4v) is 4.97. The van der Waals surface area contributed by atoms with Crippen LogP contribution in [0.25, 0.3) is 22.2 Å². The first kappa shape index (κ1) is 29.3. The average molecular weight is 612 g/mol. The third-order valence-electron chi connectivity index (χ3n) is 7.81. The van der Waals surface area contributed by atoms with Crippen molar-refractivity contribution in [3.05, 3.63) is 83.4 Å². The minimum atomic E-state index is -5.38. The first-order valence-electron chi connectivity index (χ1n) is 13.6. The Morgan fingerprint density at radius 2 is 1.86 bits per heavy atom. The number of halogens is 4. The molecule has 3 heterocycles. The summed E-state index contributed by atoms with van der Waals surface area (Å²) in [6, 6.07) is 11.6.